The Labute approximate surface area is 215 Å². The normalized spacial score (nSPS) is 18.8. The number of aromatic nitrogens is 3. The Hall–Kier alpha value is -4.11. The molecule has 9 nitrogen and oxygen atoms in total. The van der Waals surface area contributed by atoms with E-state index in [1.54, 1.807) is 0 Å². The lowest BCUT2D eigenvalue weighted by molar-refractivity contribution is -0.185. The average molecular weight is 562 g/mol. The number of hydrogen-bond acceptors (Lipinski definition) is 6. The highest BCUT2D eigenvalue weighted by Crippen LogP contribution is 2.39. The van der Waals surface area contributed by atoms with Gasteiger partial charge >= 0.3 is 12.4 Å². The van der Waals surface area contributed by atoms with Crippen molar-refractivity contribution in [3.05, 3.63) is 41.7 Å². The summed E-state index contributed by atoms with van der Waals surface area (Å²) in [6.07, 6.45) is -10.5. The molecule has 0 aliphatic carbocycles. The molecule has 3 aromatic rings. The van der Waals surface area contributed by atoms with Gasteiger partial charge in [-0.3, -0.25) is 9.59 Å². The summed E-state index contributed by atoms with van der Waals surface area (Å²) < 4.78 is 101. The van der Waals surface area contributed by atoms with Gasteiger partial charge in [-0.1, -0.05) is 0 Å². The topological polar surface area (TPSA) is 115 Å². The first-order valence-corrected chi connectivity index (χ1v) is 11.3. The first-order valence-electron chi connectivity index (χ1n) is 11.3. The number of nitrogens with zero attached hydrogens (tertiary/aromatic N) is 4. The van der Waals surface area contributed by atoms with E-state index in [0.29, 0.717) is 11.8 Å². The summed E-state index contributed by atoms with van der Waals surface area (Å²) >= 11 is 0. The molecule has 3 heterocycles. The van der Waals surface area contributed by atoms with Crippen molar-refractivity contribution in [2.24, 2.45) is 5.92 Å². The number of nitrogen functional groups attached to an aromatic ring is 1. The van der Waals surface area contributed by atoms with E-state index in [1.807, 2.05) is 0 Å². The molecule has 2 aromatic heterocycles. The molecule has 1 aliphatic rings. The summed E-state index contributed by atoms with van der Waals surface area (Å²) in [5.41, 5.74) is 3.85. The van der Waals surface area contributed by atoms with Crippen LogP contribution in [0.3, 0.4) is 0 Å². The molecule has 3 N–H and O–H groups in total. The minimum Gasteiger partial charge on any atom is -0.496 e. The highest BCUT2D eigenvalue weighted by atomic mass is 19.4. The van der Waals surface area contributed by atoms with Gasteiger partial charge in [0, 0.05) is 12.1 Å². The zero-order valence-corrected chi connectivity index (χ0v) is 20.3. The zero-order chi connectivity index (χ0) is 28.9. The molecule has 0 radical (unpaired) electrons. The second-order valence-electron chi connectivity index (χ2n) is 8.86. The van der Waals surface area contributed by atoms with Crippen LogP contribution in [0.15, 0.2) is 30.6 Å². The van der Waals surface area contributed by atoms with Gasteiger partial charge in [-0.05, 0) is 31.2 Å². The molecule has 16 heteroatoms. The molecule has 1 aliphatic heterocycles. The fourth-order valence-electron chi connectivity index (χ4n) is 4.27. The first kappa shape index (κ1) is 27.9. The van der Waals surface area contributed by atoms with Crippen molar-refractivity contribution >= 4 is 23.1 Å². The highest BCUT2D eigenvalue weighted by Gasteiger charge is 2.46. The molecule has 1 saturated heterocycles. The zero-order valence-electron chi connectivity index (χ0n) is 20.3. The second kappa shape index (κ2) is 9.89. The number of likely N-dealkylation sites (tertiary alicyclic amines) is 1. The molecule has 0 bridgehead atoms. The van der Waals surface area contributed by atoms with Crippen LogP contribution in [-0.2, 0) is 11.0 Å². The number of nitrogens with one attached hydrogen (secondary N) is 1. The predicted molar refractivity (Wildman–Crippen MR) is 122 cm³/mol. The third kappa shape index (κ3) is 5.27. The van der Waals surface area contributed by atoms with E-state index >= 15 is 0 Å². The Balaban J connectivity index is 1.65. The fourth-order valence-corrected chi connectivity index (χ4v) is 4.27. The third-order valence-corrected chi connectivity index (χ3v) is 6.37. The van der Waals surface area contributed by atoms with Crippen LogP contribution in [-0.4, -0.2) is 69.9 Å². The van der Waals surface area contributed by atoms with Crippen molar-refractivity contribution in [1.29, 1.82) is 0 Å². The lowest BCUT2D eigenvalue weighted by Gasteiger charge is -2.22. The number of alkyl halides is 7. The Kier molecular flexibility index (Phi) is 7.08. The number of amides is 2. The number of hydrogen-bond donors (Lipinski definition) is 2. The number of ether oxygens (including phenoxy) is 1. The van der Waals surface area contributed by atoms with Crippen molar-refractivity contribution < 1.29 is 45.1 Å². The number of benzene rings is 1. The molecular weight excluding hydrogens is 541 g/mol. The standard InChI is InChI=1S/C23H21F7N6O3/c1-10(22(25,26)27)21(38)35-7-14(24)15(8-35)34-20(37)12-5-11(3-4-17(12)39-2)16-6-13(23(28,29)30)18-19(31)32-9-33-36(16)18/h3-6,9-10,14-15H,7-8H2,1-2H3,(H,34,37)(H2,31,32,33)/t10?,14-,15+/m0/s1. The van der Waals surface area contributed by atoms with Gasteiger partial charge in [0.05, 0.1) is 36.5 Å². The lowest BCUT2D eigenvalue weighted by Crippen LogP contribution is -2.43. The number of halogens is 7. The van der Waals surface area contributed by atoms with Crippen LogP contribution in [0.5, 0.6) is 5.75 Å². The number of methoxy groups -OCH3 is 1. The Morgan fingerprint density at radius 1 is 1.15 bits per heavy atom. The SMILES string of the molecule is COc1ccc(-c2cc(C(F)(F)F)c3c(N)ncnn23)cc1C(=O)N[C@@H]1CN(C(=O)C(C)C(F)(F)F)C[C@@H]1F. The Morgan fingerprint density at radius 3 is 2.46 bits per heavy atom. The minimum absolute atomic E-state index is 0.0191. The quantitative estimate of drug-likeness (QED) is 0.461. The average Bonchev–Trinajstić information content (AvgIpc) is 3.44. The maximum Gasteiger partial charge on any atom is 0.418 e. The van der Waals surface area contributed by atoms with E-state index in [-0.39, 0.29) is 22.6 Å². The molecule has 1 fully saturated rings. The van der Waals surface area contributed by atoms with E-state index in [4.69, 9.17) is 10.5 Å². The minimum atomic E-state index is -4.82. The maximum absolute atomic E-state index is 14.6. The molecule has 1 unspecified atom stereocenters. The molecule has 39 heavy (non-hydrogen) atoms. The van der Waals surface area contributed by atoms with Crippen LogP contribution in [0.2, 0.25) is 0 Å². The van der Waals surface area contributed by atoms with Crippen LogP contribution in [0.1, 0.15) is 22.8 Å². The van der Waals surface area contributed by atoms with Gasteiger partial charge in [-0.25, -0.2) is 13.9 Å². The smallest absolute Gasteiger partial charge is 0.418 e. The number of carbonyl (C=O) groups excluding carboxylic acids is 2. The van der Waals surface area contributed by atoms with E-state index < -0.39 is 72.3 Å². The summed E-state index contributed by atoms with van der Waals surface area (Å²) in [4.78, 5) is 29.5. The van der Waals surface area contributed by atoms with Crippen molar-refractivity contribution in [2.45, 2.75) is 31.5 Å². The van der Waals surface area contributed by atoms with Crippen LogP contribution in [0.4, 0.5) is 36.6 Å². The van der Waals surface area contributed by atoms with Crippen molar-refractivity contribution in [2.75, 3.05) is 25.9 Å². The highest BCUT2D eigenvalue weighted by molar-refractivity contribution is 5.98. The maximum atomic E-state index is 14.6. The number of rotatable bonds is 5. The van der Waals surface area contributed by atoms with E-state index in [9.17, 15) is 40.3 Å². The number of nitrogens with two attached hydrogens (primary N) is 1. The van der Waals surface area contributed by atoms with Crippen LogP contribution in [0, 0.1) is 5.92 Å². The number of carbonyl (C=O) groups is 2. The molecule has 1 aromatic carbocycles. The van der Waals surface area contributed by atoms with E-state index in [0.717, 1.165) is 16.9 Å². The molecule has 3 atom stereocenters. The molecule has 0 saturated carbocycles. The largest absolute Gasteiger partial charge is 0.496 e. The van der Waals surface area contributed by atoms with Gasteiger partial charge < -0.3 is 20.7 Å². The molecule has 0 spiro atoms. The number of fused-ring (bicyclic) bond motifs is 1. The molecule has 2 amide bonds. The van der Waals surface area contributed by atoms with Crippen LogP contribution >= 0.6 is 0 Å². The second-order valence-corrected chi connectivity index (χ2v) is 8.86. The van der Waals surface area contributed by atoms with Gasteiger partial charge in [-0.2, -0.15) is 31.4 Å². The van der Waals surface area contributed by atoms with Gasteiger partial charge in [0.25, 0.3) is 5.91 Å². The van der Waals surface area contributed by atoms with Crippen molar-refractivity contribution in [3.63, 3.8) is 0 Å². The van der Waals surface area contributed by atoms with Crippen molar-refractivity contribution in [1.82, 2.24) is 24.8 Å². The summed E-state index contributed by atoms with van der Waals surface area (Å²) in [6, 6.07) is 3.29. The van der Waals surface area contributed by atoms with Crippen molar-refractivity contribution in [3.8, 4) is 17.0 Å². The predicted octanol–water partition coefficient (Wildman–Crippen LogP) is 3.48. The molecule has 210 valence electrons. The van der Waals surface area contributed by atoms with Gasteiger partial charge in [0.1, 0.15) is 29.7 Å². The Morgan fingerprint density at radius 2 is 1.85 bits per heavy atom. The van der Waals surface area contributed by atoms with Gasteiger partial charge in [0.2, 0.25) is 5.91 Å². The van der Waals surface area contributed by atoms with E-state index in [1.165, 1.54) is 25.3 Å². The molecular formula is C23H21F7N6O3. The van der Waals surface area contributed by atoms with E-state index in [2.05, 4.69) is 15.4 Å². The summed E-state index contributed by atoms with van der Waals surface area (Å²) in [5.74, 6) is -5.06. The van der Waals surface area contributed by atoms with Crippen LogP contribution < -0.4 is 15.8 Å². The summed E-state index contributed by atoms with van der Waals surface area (Å²) in [7, 11) is 1.22. The first-order chi connectivity index (χ1) is 18.1. The molecule has 4 rings (SSSR count). The van der Waals surface area contributed by atoms with Gasteiger partial charge in [-0.15, -0.1) is 0 Å². The number of anilines is 1. The monoisotopic (exact) mass is 562 g/mol. The van der Waals surface area contributed by atoms with Gasteiger partial charge in [0.15, 0.2) is 5.82 Å². The van der Waals surface area contributed by atoms with Crippen LogP contribution in [0.25, 0.3) is 16.8 Å². The lowest BCUT2D eigenvalue weighted by atomic mass is 10.1. The summed E-state index contributed by atoms with van der Waals surface area (Å²) in [6.45, 7) is -0.507. The summed E-state index contributed by atoms with van der Waals surface area (Å²) in [5, 5.41) is 6.18. The third-order valence-electron chi connectivity index (χ3n) is 6.37. The fraction of sp³-hybridized carbons (Fsp3) is 0.391. The Bertz CT molecular complexity index is 1420.